The highest BCUT2D eigenvalue weighted by Gasteiger charge is 2.21. The lowest BCUT2D eigenvalue weighted by atomic mass is 10.0. The fraction of sp³-hybridized carbons (Fsp3) is 0.500. The van der Waals surface area contributed by atoms with E-state index in [1.165, 1.54) is 0 Å². The molecule has 0 aromatic carbocycles. The quantitative estimate of drug-likeness (QED) is 0.919. The van der Waals surface area contributed by atoms with Crippen molar-refractivity contribution in [1.29, 1.82) is 0 Å². The van der Waals surface area contributed by atoms with E-state index in [9.17, 15) is 4.79 Å². The van der Waals surface area contributed by atoms with E-state index in [2.05, 4.69) is 16.9 Å². The van der Waals surface area contributed by atoms with E-state index in [1.807, 2.05) is 19.1 Å². The minimum atomic E-state index is -0.963. The van der Waals surface area contributed by atoms with E-state index in [-0.39, 0.29) is 5.69 Å². The standard InChI is InChI=1S/C16H21N3O3/c1-11(15-4-3-12(2)22-15)5-6-18-7-8-19-13(10-18)9-14(17-19)16(20)21/h3-4,9,11H,5-8,10H2,1-2H3,(H,20,21). The Kier molecular flexibility index (Phi) is 4.02. The molecule has 2 aromatic rings. The van der Waals surface area contributed by atoms with Gasteiger partial charge in [0.15, 0.2) is 5.69 Å². The maximum atomic E-state index is 11.0. The van der Waals surface area contributed by atoms with Crippen LogP contribution in [0.4, 0.5) is 0 Å². The number of carboxylic acids is 1. The summed E-state index contributed by atoms with van der Waals surface area (Å²) in [5.41, 5.74) is 1.11. The minimum absolute atomic E-state index is 0.135. The predicted octanol–water partition coefficient (Wildman–Crippen LogP) is 2.49. The van der Waals surface area contributed by atoms with Crippen LogP contribution < -0.4 is 0 Å². The van der Waals surface area contributed by atoms with Gasteiger partial charge in [0.1, 0.15) is 11.5 Å². The van der Waals surface area contributed by atoms with Gasteiger partial charge in [0.25, 0.3) is 0 Å². The van der Waals surface area contributed by atoms with Crippen LogP contribution in [-0.4, -0.2) is 38.8 Å². The number of rotatable bonds is 5. The van der Waals surface area contributed by atoms with Gasteiger partial charge in [0.05, 0.1) is 12.2 Å². The zero-order chi connectivity index (χ0) is 15.7. The Labute approximate surface area is 129 Å². The first-order valence-corrected chi connectivity index (χ1v) is 7.61. The van der Waals surface area contributed by atoms with Gasteiger partial charge < -0.3 is 9.52 Å². The largest absolute Gasteiger partial charge is 0.476 e. The molecule has 0 aliphatic carbocycles. The van der Waals surface area contributed by atoms with Crippen LogP contribution in [0, 0.1) is 6.92 Å². The first-order chi connectivity index (χ1) is 10.5. The van der Waals surface area contributed by atoms with Crippen molar-refractivity contribution in [2.45, 2.75) is 39.3 Å². The van der Waals surface area contributed by atoms with Crippen molar-refractivity contribution in [3.8, 4) is 0 Å². The number of furan rings is 1. The zero-order valence-corrected chi connectivity index (χ0v) is 13.0. The van der Waals surface area contributed by atoms with Crippen molar-refractivity contribution >= 4 is 5.97 Å². The summed E-state index contributed by atoms with van der Waals surface area (Å²) in [6.07, 6.45) is 1.02. The molecule has 1 aliphatic heterocycles. The Morgan fingerprint density at radius 2 is 2.27 bits per heavy atom. The Hall–Kier alpha value is -2.08. The molecule has 118 valence electrons. The second-order valence-corrected chi connectivity index (χ2v) is 5.96. The molecule has 6 heteroatoms. The number of aromatic carboxylic acids is 1. The summed E-state index contributed by atoms with van der Waals surface area (Å²) >= 11 is 0. The number of aromatic nitrogens is 2. The van der Waals surface area contributed by atoms with E-state index < -0.39 is 5.97 Å². The summed E-state index contributed by atoms with van der Waals surface area (Å²) in [6.45, 7) is 7.50. The van der Waals surface area contributed by atoms with E-state index >= 15 is 0 Å². The van der Waals surface area contributed by atoms with E-state index in [4.69, 9.17) is 9.52 Å². The molecular formula is C16H21N3O3. The molecule has 0 bridgehead atoms. The third-order valence-corrected chi connectivity index (χ3v) is 4.22. The monoisotopic (exact) mass is 303 g/mol. The highest BCUT2D eigenvalue weighted by Crippen LogP contribution is 2.22. The van der Waals surface area contributed by atoms with Gasteiger partial charge in [-0.1, -0.05) is 6.92 Å². The van der Waals surface area contributed by atoms with Gasteiger partial charge >= 0.3 is 5.97 Å². The van der Waals surface area contributed by atoms with Crippen molar-refractivity contribution in [2.75, 3.05) is 13.1 Å². The summed E-state index contributed by atoms with van der Waals surface area (Å²) in [5.74, 6) is 1.41. The second-order valence-electron chi connectivity index (χ2n) is 5.96. The van der Waals surface area contributed by atoms with E-state index in [0.717, 1.165) is 49.8 Å². The van der Waals surface area contributed by atoms with Crippen LogP contribution in [0.25, 0.3) is 0 Å². The van der Waals surface area contributed by atoms with Gasteiger partial charge in [-0.15, -0.1) is 0 Å². The molecule has 1 atom stereocenters. The molecule has 3 heterocycles. The van der Waals surface area contributed by atoms with Crippen LogP contribution in [0.2, 0.25) is 0 Å². The van der Waals surface area contributed by atoms with Gasteiger partial charge in [0, 0.05) is 19.0 Å². The maximum Gasteiger partial charge on any atom is 0.356 e. The predicted molar refractivity (Wildman–Crippen MR) is 80.9 cm³/mol. The molecule has 6 nitrogen and oxygen atoms in total. The van der Waals surface area contributed by atoms with Crippen LogP contribution in [0.3, 0.4) is 0 Å². The molecule has 22 heavy (non-hydrogen) atoms. The Morgan fingerprint density at radius 3 is 2.95 bits per heavy atom. The summed E-state index contributed by atoms with van der Waals surface area (Å²) in [4.78, 5) is 13.3. The summed E-state index contributed by atoms with van der Waals surface area (Å²) in [6, 6.07) is 5.72. The summed E-state index contributed by atoms with van der Waals surface area (Å²) in [7, 11) is 0. The van der Waals surface area contributed by atoms with Crippen LogP contribution in [0.15, 0.2) is 22.6 Å². The molecule has 2 aromatic heterocycles. The molecular weight excluding hydrogens is 282 g/mol. The molecule has 1 N–H and O–H groups in total. The SMILES string of the molecule is Cc1ccc(C(C)CCN2CCn3nc(C(=O)O)cc3C2)o1. The lowest BCUT2D eigenvalue weighted by Gasteiger charge is -2.28. The second kappa shape index (κ2) is 5.96. The highest BCUT2D eigenvalue weighted by atomic mass is 16.4. The normalized spacial score (nSPS) is 16.5. The average Bonchev–Trinajstić information content (AvgIpc) is 3.10. The van der Waals surface area contributed by atoms with Crippen molar-refractivity contribution in [3.05, 3.63) is 41.1 Å². The van der Waals surface area contributed by atoms with Crippen molar-refractivity contribution < 1.29 is 14.3 Å². The molecule has 0 saturated carbocycles. The lowest BCUT2D eigenvalue weighted by Crippen LogP contribution is -2.34. The van der Waals surface area contributed by atoms with Crippen LogP contribution >= 0.6 is 0 Å². The zero-order valence-electron chi connectivity index (χ0n) is 13.0. The highest BCUT2D eigenvalue weighted by molar-refractivity contribution is 5.85. The number of aryl methyl sites for hydroxylation is 1. The first kappa shape index (κ1) is 14.8. The summed E-state index contributed by atoms with van der Waals surface area (Å²) < 4.78 is 7.48. The van der Waals surface area contributed by atoms with Crippen molar-refractivity contribution in [1.82, 2.24) is 14.7 Å². The number of carboxylic acid groups (broad SMARTS) is 1. The van der Waals surface area contributed by atoms with Gasteiger partial charge in [-0.3, -0.25) is 9.58 Å². The number of carbonyl (C=O) groups is 1. The smallest absolute Gasteiger partial charge is 0.356 e. The molecule has 0 spiro atoms. The average molecular weight is 303 g/mol. The summed E-state index contributed by atoms with van der Waals surface area (Å²) in [5, 5.41) is 13.1. The Bertz CT molecular complexity index is 674. The molecule has 0 amide bonds. The molecule has 0 radical (unpaired) electrons. The van der Waals surface area contributed by atoms with Gasteiger partial charge in [-0.25, -0.2) is 4.79 Å². The molecule has 1 aliphatic rings. The number of nitrogens with zero attached hydrogens (tertiary/aromatic N) is 3. The molecule has 0 fully saturated rings. The van der Waals surface area contributed by atoms with Crippen molar-refractivity contribution in [2.24, 2.45) is 0 Å². The molecule has 3 rings (SSSR count). The van der Waals surface area contributed by atoms with Crippen molar-refractivity contribution in [3.63, 3.8) is 0 Å². The van der Waals surface area contributed by atoms with Crippen LogP contribution in [-0.2, 0) is 13.1 Å². The minimum Gasteiger partial charge on any atom is -0.476 e. The Morgan fingerprint density at radius 1 is 1.45 bits per heavy atom. The van der Waals surface area contributed by atoms with Gasteiger partial charge in [-0.05, 0) is 38.1 Å². The maximum absolute atomic E-state index is 11.0. The topological polar surface area (TPSA) is 71.5 Å². The number of hydrogen-bond donors (Lipinski definition) is 1. The van der Waals surface area contributed by atoms with Gasteiger partial charge in [-0.2, -0.15) is 5.10 Å². The Balaban J connectivity index is 1.57. The fourth-order valence-electron chi connectivity index (χ4n) is 2.85. The molecule has 0 saturated heterocycles. The molecule has 1 unspecified atom stereocenters. The first-order valence-electron chi connectivity index (χ1n) is 7.61. The number of fused-ring (bicyclic) bond motifs is 1. The third-order valence-electron chi connectivity index (χ3n) is 4.22. The van der Waals surface area contributed by atoms with Crippen LogP contribution in [0.1, 0.15) is 47.0 Å². The lowest BCUT2D eigenvalue weighted by molar-refractivity contribution is 0.0689. The number of hydrogen-bond acceptors (Lipinski definition) is 4. The van der Waals surface area contributed by atoms with E-state index in [0.29, 0.717) is 5.92 Å². The van der Waals surface area contributed by atoms with Crippen LogP contribution in [0.5, 0.6) is 0 Å². The third kappa shape index (κ3) is 3.06. The van der Waals surface area contributed by atoms with E-state index in [1.54, 1.807) is 10.7 Å². The van der Waals surface area contributed by atoms with Gasteiger partial charge in [0.2, 0.25) is 0 Å². The fourth-order valence-corrected chi connectivity index (χ4v) is 2.85.